The third-order valence-electron chi connectivity index (χ3n) is 4.14. The van der Waals surface area contributed by atoms with Gasteiger partial charge in [-0.3, -0.25) is 9.59 Å². The molecule has 0 saturated heterocycles. The van der Waals surface area contributed by atoms with E-state index < -0.39 is 23.8 Å². The fourth-order valence-corrected chi connectivity index (χ4v) is 2.53. The van der Waals surface area contributed by atoms with Crippen molar-refractivity contribution in [3.63, 3.8) is 0 Å². The van der Waals surface area contributed by atoms with Gasteiger partial charge in [0.2, 0.25) is 0 Å². The summed E-state index contributed by atoms with van der Waals surface area (Å²) in [4.78, 5) is 44.4. The van der Waals surface area contributed by atoms with Gasteiger partial charge in [-0.05, 0) is 12.8 Å². The number of carbonyl (C=O) groups is 4. The molecule has 2 atom stereocenters. The van der Waals surface area contributed by atoms with Crippen LogP contribution in [0.2, 0.25) is 0 Å². The Hall–Kier alpha value is -2.40. The molecule has 2 aromatic rings. The van der Waals surface area contributed by atoms with E-state index in [-0.39, 0.29) is 50.6 Å². The molecule has 0 saturated carbocycles. The van der Waals surface area contributed by atoms with Gasteiger partial charge in [-0.25, -0.2) is 0 Å². The Morgan fingerprint density at radius 2 is 0.931 bits per heavy atom. The summed E-state index contributed by atoms with van der Waals surface area (Å²) in [6, 6.07) is 16.8. The number of Topliss-reactive ketones (excluding diaryl/α,β-unsaturated/α-hetero) is 2. The Labute approximate surface area is 189 Å². The first-order valence-corrected chi connectivity index (χ1v) is 8.93. The maximum absolute atomic E-state index is 11.6. The topological polar surface area (TPSA) is 114 Å². The molecule has 0 aliphatic carbocycles. The minimum atomic E-state index is -1.30. The van der Waals surface area contributed by atoms with Crippen molar-refractivity contribution in [3.05, 3.63) is 71.8 Å². The fraction of sp³-hybridized carbons (Fsp3) is 0.273. The summed E-state index contributed by atoms with van der Waals surface area (Å²) >= 11 is 0. The second kappa shape index (κ2) is 13.7. The molecule has 0 N–H and O–H groups in total. The maximum atomic E-state index is 11.6. The first-order valence-electron chi connectivity index (χ1n) is 8.93. The normalized spacial score (nSPS) is 11.7. The molecule has 0 fully saturated rings. The molecule has 29 heavy (non-hydrogen) atoms. The van der Waals surface area contributed by atoms with Gasteiger partial charge >= 0.3 is 26.2 Å². The third-order valence-corrected chi connectivity index (χ3v) is 4.14. The molecule has 0 spiro atoms. The number of rotatable bonds is 8. The zero-order valence-electron chi connectivity index (χ0n) is 16.3. The number of ketones is 2. The summed E-state index contributed by atoms with van der Waals surface area (Å²) in [7, 11) is 0. The van der Waals surface area contributed by atoms with Crippen molar-refractivity contribution in [2.45, 2.75) is 26.7 Å². The number of aliphatic carboxylic acids is 2. The van der Waals surface area contributed by atoms with Crippen molar-refractivity contribution in [3.8, 4) is 0 Å². The minimum Gasteiger partial charge on any atom is -0.549 e. The van der Waals surface area contributed by atoms with Crippen LogP contribution in [0.3, 0.4) is 0 Å². The van der Waals surface area contributed by atoms with E-state index in [4.69, 9.17) is 0 Å². The number of carbonyl (C=O) groups excluding carboxylic acids is 4. The quantitative estimate of drug-likeness (QED) is 0.422. The van der Waals surface area contributed by atoms with E-state index in [1.54, 1.807) is 74.5 Å². The molecule has 0 bridgehead atoms. The van der Waals surface area contributed by atoms with Crippen molar-refractivity contribution in [1.82, 2.24) is 0 Å². The van der Waals surface area contributed by atoms with E-state index in [1.807, 2.05) is 0 Å². The molecule has 150 valence electrons. The van der Waals surface area contributed by atoms with E-state index in [2.05, 4.69) is 0 Å². The number of carboxylic acid groups (broad SMARTS) is 2. The van der Waals surface area contributed by atoms with Gasteiger partial charge < -0.3 is 19.8 Å². The molecule has 0 amide bonds. The van der Waals surface area contributed by atoms with Crippen LogP contribution in [-0.4, -0.2) is 23.5 Å². The van der Waals surface area contributed by atoms with Crippen molar-refractivity contribution in [2.24, 2.45) is 11.8 Å². The Kier molecular flexibility index (Phi) is 12.6. The molecular formula is C22H22O6Zr. The van der Waals surface area contributed by atoms with Crippen LogP contribution >= 0.6 is 0 Å². The number of benzene rings is 2. The van der Waals surface area contributed by atoms with E-state index in [0.717, 1.165) is 0 Å². The number of hydrogen-bond donors (Lipinski definition) is 0. The Morgan fingerprint density at radius 1 is 0.655 bits per heavy atom. The standard InChI is InChI=1S/2C11H12O3.Zr/c2*1-2-9(11(13)14)10(12)8-6-4-3-5-7-8;/h2*3-7,9H,2H2,1H3,(H,13,14);/q;;+2/p-2. The zero-order valence-corrected chi connectivity index (χ0v) is 18.7. The van der Waals surface area contributed by atoms with Gasteiger partial charge in [0.05, 0.1) is 23.8 Å². The fourth-order valence-electron chi connectivity index (χ4n) is 2.53. The molecule has 0 aromatic heterocycles. The molecule has 6 nitrogen and oxygen atoms in total. The monoisotopic (exact) mass is 472 g/mol. The molecule has 0 aliphatic rings. The van der Waals surface area contributed by atoms with Crippen LogP contribution in [0.15, 0.2) is 60.7 Å². The van der Waals surface area contributed by atoms with E-state index in [1.165, 1.54) is 0 Å². The molecular weight excluding hydrogens is 451 g/mol. The Balaban J connectivity index is 0.000000523. The van der Waals surface area contributed by atoms with Crippen molar-refractivity contribution >= 4 is 23.5 Å². The van der Waals surface area contributed by atoms with Crippen LogP contribution < -0.4 is 10.2 Å². The van der Waals surface area contributed by atoms with Crippen molar-refractivity contribution < 1.29 is 55.6 Å². The largest absolute Gasteiger partial charge is 2.00 e. The van der Waals surface area contributed by atoms with E-state index in [0.29, 0.717) is 11.1 Å². The van der Waals surface area contributed by atoms with Crippen LogP contribution in [-0.2, 0) is 35.8 Å². The predicted octanol–water partition coefficient (Wildman–Crippen LogP) is 1.29. The van der Waals surface area contributed by atoms with Gasteiger partial charge in [0.1, 0.15) is 0 Å². The Bertz CT molecular complexity index is 735. The predicted molar refractivity (Wildman–Crippen MR) is 99.1 cm³/mol. The van der Waals surface area contributed by atoms with Gasteiger partial charge in [0, 0.05) is 11.1 Å². The van der Waals surface area contributed by atoms with Crippen molar-refractivity contribution in [2.75, 3.05) is 0 Å². The summed E-state index contributed by atoms with van der Waals surface area (Å²) in [5.74, 6) is -5.43. The SMILES string of the molecule is CCC(C(=O)[O-])C(=O)c1ccccc1.CCC(C(=O)[O-])C(=O)c1ccccc1.[Zr+2]. The molecule has 0 aliphatic heterocycles. The number of hydrogen-bond acceptors (Lipinski definition) is 6. The first-order chi connectivity index (χ1) is 13.3. The Morgan fingerprint density at radius 3 is 1.14 bits per heavy atom. The van der Waals surface area contributed by atoms with Gasteiger partial charge in [-0.2, -0.15) is 0 Å². The smallest absolute Gasteiger partial charge is 0.549 e. The van der Waals surface area contributed by atoms with Gasteiger partial charge in [0.15, 0.2) is 11.6 Å². The molecule has 2 rings (SSSR count). The van der Waals surface area contributed by atoms with Gasteiger partial charge in [0.25, 0.3) is 0 Å². The third kappa shape index (κ3) is 8.24. The summed E-state index contributed by atoms with van der Waals surface area (Å²) in [5.41, 5.74) is 0.840. The molecule has 2 aromatic carbocycles. The maximum Gasteiger partial charge on any atom is 2.00 e. The second-order valence-electron chi connectivity index (χ2n) is 6.02. The van der Waals surface area contributed by atoms with E-state index in [9.17, 15) is 29.4 Å². The summed E-state index contributed by atoms with van der Waals surface area (Å²) < 4.78 is 0. The van der Waals surface area contributed by atoms with E-state index >= 15 is 0 Å². The van der Waals surface area contributed by atoms with Crippen LogP contribution in [0, 0.1) is 11.8 Å². The summed E-state index contributed by atoms with van der Waals surface area (Å²) in [6.07, 6.45) is 0.520. The van der Waals surface area contributed by atoms with Crippen LogP contribution in [0.1, 0.15) is 47.4 Å². The zero-order chi connectivity index (χ0) is 21.1. The average Bonchev–Trinajstić information content (AvgIpc) is 2.70. The number of carboxylic acids is 2. The minimum absolute atomic E-state index is 0. The first kappa shape index (κ1) is 26.6. The molecule has 2 unspecified atom stereocenters. The van der Waals surface area contributed by atoms with Crippen molar-refractivity contribution in [1.29, 1.82) is 0 Å². The summed E-state index contributed by atoms with van der Waals surface area (Å²) in [6.45, 7) is 3.31. The van der Waals surface area contributed by atoms with Gasteiger partial charge in [-0.15, -0.1) is 0 Å². The molecule has 7 heteroatoms. The summed E-state index contributed by atoms with van der Waals surface area (Å²) in [5, 5.41) is 21.2. The molecule has 0 radical (unpaired) electrons. The van der Waals surface area contributed by atoms with Crippen LogP contribution in [0.25, 0.3) is 0 Å². The molecule has 0 heterocycles. The van der Waals surface area contributed by atoms with Crippen LogP contribution in [0.5, 0.6) is 0 Å². The van der Waals surface area contributed by atoms with Crippen LogP contribution in [0.4, 0.5) is 0 Å². The average molecular weight is 474 g/mol. The van der Waals surface area contributed by atoms with Gasteiger partial charge in [-0.1, -0.05) is 74.5 Å². The second-order valence-corrected chi connectivity index (χ2v) is 6.02.